The van der Waals surface area contributed by atoms with Crippen LogP contribution in [0, 0.1) is 35.5 Å². The summed E-state index contributed by atoms with van der Waals surface area (Å²) in [7, 11) is 4.59. The molecule has 68 heavy (non-hydrogen) atoms. The molecule has 2 bridgehead atoms. The van der Waals surface area contributed by atoms with Crippen LogP contribution in [0.1, 0.15) is 126 Å². The molecule has 2 saturated heterocycles. The zero-order valence-electron chi connectivity index (χ0n) is 42.4. The molecule has 7 unspecified atom stereocenters. The van der Waals surface area contributed by atoms with E-state index in [1.54, 1.807) is 41.1 Å². The Kier molecular flexibility index (Phi) is 22.9. The molecule has 384 valence electrons. The predicted molar refractivity (Wildman–Crippen MR) is 256 cm³/mol. The lowest BCUT2D eigenvalue weighted by Crippen LogP contribution is -2.61. The van der Waals surface area contributed by atoms with Gasteiger partial charge < -0.3 is 48.6 Å². The van der Waals surface area contributed by atoms with E-state index in [2.05, 4.69) is 0 Å². The fourth-order valence-electron chi connectivity index (χ4n) is 10.5. The van der Waals surface area contributed by atoms with E-state index in [0.717, 1.165) is 12.0 Å². The predicted octanol–water partition coefficient (Wildman–Crippen LogP) is 6.20. The Morgan fingerprint density at radius 2 is 1.60 bits per heavy atom. The number of fused-ring (bicyclic) bond motifs is 3. The van der Waals surface area contributed by atoms with E-state index in [9.17, 15) is 39.3 Å². The van der Waals surface area contributed by atoms with Crippen molar-refractivity contribution in [1.82, 2.24) is 4.90 Å². The molecule has 1 aliphatic carbocycles. The lowest BCUT2D eigenvalue weighted by atomic mass is 9.78. The molecule has 3 fully saturated rings. The minimum absolute atomic E-state index is 0.0185. The second kappa shape index (κ2) is 27.3. The molecule has 0 aromatic carbocycles. The number of piperidine rings is 1. The van der Waals surface area contributed by atoms with Crippen LogP contribution in [-0.4, -0.2) is 145 Å². The highest BCUT2D eigenvalue weighted by Gasteiger charge is 2.53. The number of ether oxygens (including phenoxy) is 6. The number of ketones is 3. The number of rotatable bonds is 9. The number of Topliss-reactive ketones (excluding diaryl/α,β-unsaturated/α-hetero) is 3. The van der Waals surface area contributed by atoms with E-state index in [-0.39, 0.29) is 74.1 Å². The minimum atomic E-state index is -2.43. The molecule has 1 saturated carbocycles. The highest BCUT2D eigenvalue weighted by Crippen LogP contribution is 2.38. The highest BCUT2D eigenvalue weighted by atomic mass is 16.6. The number of cyclic esters (lactones) is 1. The number of amides is 1. The summed E-state index contributed by atoms with van der Waals surface area (Å²) in [4.78, 5) is 72.1. The normalized spacial score (nSPS) is 37.5. The van der Waals surface area contributed by atoms with Crippen LogP contribution >= 0.6 is 0 Å². The summed E-state index contributed by atoms with van der Waals surface area (Å²) in [6.45, 7) is 12.9. The molecule has 3 N–H and O–H groups in total. The third kappa shape index (κ3) is 15.3. The number of hydrogen-bond acceptors (Lipinski definition) is 14. The molecule has 15 nitrogen and oxygen atoms in total. The van der Waals surface area contributed by atoms with Crippen LogP contribution in [0.2, 0.25) is 0 Å². The van der Waals surface area contributed by atoms with Gasteiger partial charge in [-0.3, -0.25) is 19.2 Å². The van der Waals surface area contributed by atoms with Gasteiger partial charge in [-0.2, -0.15) is 0 Å². The Morgan fingerprint density at radius 3 is 2.28 bits per heavy atom. The Hall–Kier alpha value is -3.41. The van der Waals surface area contributed by atoms with E-state index < -0.39 is 77.8 Å². The van der Waals surface area contributed by atoms with Crippen molar-refractivity contribution in [3.63, 3.8) is 0 Å². The number of carbonyl (C=O) groups is 5. The lowest BCUT2D eigenvalue weighted by molar-refractivity contribution is -0.265. The maximum atomic E-state index is 14.5. The van der Waals surface area contributed by atoms with Crippen LogP contribution < -0.4 is 0 Å². The standard InChI is InChI=1S/C53H83NO14/c1-32-16-12-11-13-17-33(2)44(63-8)30-40-21-19-38(7)53(62,68-40)50(59)51(60)54-23-15-14-18-41(54)52(61)67-45(35(4)28-39-20-22-43(66-25-24-55)46(29-39)64-9)31-42(56)34(3)27-37(6)48(58)49(65-10)47(57)36(5)26-32/h11-13,16-17,27,32,35-41,43-46,48-49,55,58,62H,14-15,18-26,28-31H2,1-10H3/b13-11?,16-12?,33-17?,34-27+/t32?,35-,36+,37?,38+,39-,40?,41-,43?,44?,45?,46+,48+,49?,53+/m0/s1. The Morgan fingerprint density at radius 1 is 0.868 bits per heavy atom. The van der Waals surface area contributed by atoms with Gasteiger partial charge in [0.15, 0.2) is 11.6 Å². The first kappa shape index (κ1) is 57.2. The molecule has 1 amide bonds. The molecule has 4 rings (SSSR count). The average Bonchev–Trinajstić information content (AvgIpc) is 3.32. The number of aliphatic hydroxyl groups excluding tert-OH is 2. The smallest absolute Gasteiger partial charge is 0.329 e. The van der Waals surface area contributed by atoms with Crippen molar-refractivity contribution >= 4 is 29.2 Å². The first-order valence-corrected chi connectivity index (χ1v) is 25.0. The Bertz CT molecular complexity index is 1810. The van der Waals surface area contributed by atoms with Crippen LogP contribution in [0.3, 0.4) is 0 Å². The topological polar surface area (TPSA) is 205 Å². The molecule has 0 radical (unpaired) electrons. The molecular weight excluding hydrogens is 875 g/mol. The second-order valence-electron chi connectivity index (χ2n) is 20.2. The summed E-state index contributed by atoms with van der Waals surface area (Å²) in [5.41, 5.74) is 1.19. The van der Waals surface area contributed by atoms with E-state index in [0.29, 0.717) is 63.4 Å². The number of nitrogens with zero attached hydrogens (tertiary/aromatic N) is 1. The maximum absolute atomic E-state index is 14.5. The van der Waals surface area contributed by atoms with Crippen molar-refractivity contribution in [2.45, 2.75) is 180 Å². The van der Waals surface area contributed by atoms with Gasteiger partial charge >= 0.3 is 5.97 Å². The number of allylic oxidation sites excluding steroid dienone is 6. The molecule has 3 heterocycles. The maximum Gasteiger partial charge on any atom is 0.329 e. The van der Waals surface area contributed by atoms with Crippen LogP contribution in [0.5, 0.6) is 0 Å². The zero-order valence-corrected chi connectivity index (χ0v) is 42.4. The molecule has 15 atom stereocenters. The van der Waals surface area contributed by atoms with Gasteiger partial charge in [0.2, 0.25) is 5.79 Å². The number of carbonyl (C=O) groups excluding carboxylic acids is 5. The number of aliphatic hydroxyl groups is 3. The molecule has 0 aromatic heterocycles. The van der Waals surface area contributed by atoms with Crippen molar-refractivity contribution in [2.24, 2.45) is 35.5 Å². The van der Waals surface area contributed by atoms with E-state index in [4.69, 9.17) is 28.4 Å². The quantitative estimate of drug-likeness (QED) is 0.174. The summed E-state index contributed by atoms with van der Waals surface area (Å²) in [6, 6.07) is -1.15. The van der Waals surface area contributed by atoms with E-state index in [1.165, 1.54) is 12.0 Å². The molecular formula is C53H83NO14. The van der Waals surface area contributed by atoms with Gasteiger partial charge in [0.25, 0.3) is 11.7 Å². The van der Waals surface area contributed by atoms with Gasteiger partial charge in [-0.25, -0.2) is 4.79 Å². The van der Waals surface area contributed by atoms with Crippen molar-refractivity contribution in [3.05, 3.63) is 47.6 Å². The molecule has 0 spiro atoms. The summed E-state index contributed by atoms with van der Waals surface area (Å²) in [6.07, 6.45) is 12.0. The minimum Gasteiger partial charge on any atom is -0.460 e. The number of methoxy groups -OCH3 is 3. The van der Waals surface area contributed by atoms with Crippen molar-refractivity contribution in [2.75, 3.05) is 41.1 Å². The van der Waals surface area contributed by atoms with E-state index >= 15 is 0 Å². The molecule has 15 heteroatoms. The third-order valence-electron chi connectivity index (χ3n) is 14.9. The highest BCUT2D eigenvalue weighted by molar-refractivity contribution is 6.39. The average molecular weight is 958 g/mol. The fraction of sp³-hybridized carbons (Fsp3) is 0.755. The van der Waals surface area contributed by atoms with Crippen LogP contribution in [0.25, 0.3) is 0 Å². The second-order valence-corrected chi connectivity index (χ2v) is 20.2. The molecule has 0 aromatic rings. The largest absolute Gasteiger partial charge is 0.460 e. The zero-order chi connectivity index (χ0) is 50.3. The summed E-state index contributed by atoms with van der Waals surface area (Å²) < 4.78 is 35.6. The van der Waals surface area contributed by atoms with Crippen molar-refractivity contribution in [1.29, 1.82) is 0 Å². The lowest BCUT2D eigenvalue weighted by Gasteiger charge is -2.42. The van der Waals surface area contributed by atoms with Gasteiger partial charge in [-0.1, -0.05) is 71.1 Å². The van der Waals surface area contributed by atoms with Gasteiger partial charge in [-0.15, -0.1) is 0 Å². The monoisotopic (exact) mass is 958 g/mol. The van der Waals surface area contributed by atoms with Gasteiger partial charge in [0, 0.05) is 58.5 Å². The van der Waals surface area contributed by atoms with Gasteiger partial charge in [0.1, 0.15) is 18.2 Å². The van der Waals surface area contributed by atoms with Gasteiger partial charge in [-0.05, 0) is 107 Å². The number of hydrogen-bond donors (Lipinski definition) is 3. The summed E-state index contributed by atoms with van der Waals surface area (Å²) in [5.74, 6) is -7.94. The van der Waals surface area contributed by atoms with Crippen molar-refractivity contribution in [3.8, 4) is 0 Å². The van der Waals surface area contributed by atoms with Crippen molar-refractivity contribution < 1.29 is 67.7 Å². The molecule has 3 aliphatic heterocycles. The Labute approximate surface area is 405 Å². The summed E-state index contributed by atoms with van der Waals surface area (Å²) in [5, 5.41) is 32.8. The van der Waals surface area contributed by atoms with Crippen LogP contribution in [-0.2, 0) is 52.4 Å². The SMILES string of the molecule is COC1CC2CC[C@@H](C)[C@@](O)(O2)C(=O)C(=O)N2CCCC[C@H]2C(=O)OC([C@@H](C)C[C@@H]2CCC(OCCO)[C@H](OC)C2)CC(=O)/C(C)=C/C(C)[C@@H](O)C(OC)C(=O)[C@H](C)CC(C)C=CC=CC=C1C. The van der Waals surface area contributed by atoms with E-state index in [1.807, 2.05) is 58.1 Å². The third-order valence-corrected chi connectivity index (χ3v) is 14.9. The van der Waals surface area contributed by atoms with Crippen LogP contribution in [0.4, 0.5) is 0 Å². The first-order chi connectivity index (χ1) is 32.3. The van der Waals surface area contributed by atoms with Crippen LogP contribution in [0.15, 0.2) is 47.6 Å². The molecule has 4 aliphatic rings. The van der Waals surface area contributed by atoms with Gasteiger partial charge in [0.05, 0.1) is 43.7 Å². The summed E-state index contributed by atoms with van der Waals surface area (Å²) >= 11 is 0. The number of esters is 1. The fourth-order valence-corrected chi connectivity index (χ4v) is 10.5. The first-order valence-electron chi connectivity index (χ1n) is 25.0. The Balaban J connectivity index is 1.70.